The third-order valence-electron chi connectivity index (χ3n) is 5.74. The molecule has 0 atom stereocenters. The Hall–Kier alpha value is -0.940. The van der Waals surface area contributed by atoms with Gasteiger partial charge in [-0.2, -0.15) is 0 Å². The Morgan fingerprint density at radius 3 is 2.30 bits per heavy atom. The van der Waals surface area contributed by atoms with Crippen molar-refractivity contribution in [3.8, 4) is 0 Å². The minimum atomic E-state index is 0. The van der Waals surface area contributed by atoms with Crippen molar-refractivity contribution in [2.24, 2.45) is 4.99 Å². The maximum atomic E-state index is 5.48. The van der Waals surface area contributed by atoms with E-state index in [1.54, 1.807) is 0 Å². The van der Waals surface area contributed by atoms with Crippen molar-refractivity contribution < 1.29 is 9.47 Å². The van der Waals surface area contributed by atoms with Crippen LogP contribution in [-0.2, 0) is 22.6 Å². The average Bonchev–Trinajstić information content (AvgIpc) is 2.75. The number of hydrogen-bond acceptors (Lipinski definition) is 5. The van der Waals surface area contributed by atoms with Crippen molar-refractivity contribution in [1.29, 1.82) is 0 Å². The number of aliphatic imine (C=N–C) groups is 1. The third kappa shape index (κ3) is 7.96. The first-order chi connectivity index (χ1) is 14.1. The van der Waals surface area contributed by atoms with Crippen LogP contribution in [0.2, 0.25) is 0 Å². The molecule has 170 valence electrons. The first-order valence-corrected chi connectivity index (χ1v) is 10.7. The van der Waals surface area contributed by atoms with Crippen LogP contribution in [0.15, 0.2) is 29.3 Å². The van der Waals surface area contributed by atoms with Gasteiger partial charge in [-0.05, 0) is 25.0 Å². The molecule has 1 aromatic carbocycles. The van der Waals surface area contributed by atoms with Crippen LogP contribution in [0.25, 0.3) is 0 Å². The first kappa shape index (κ1) is 25.3. The van der Waals surface area contributed by atoms with Gasteiger partial charge in [0.05, 0.1) is 26.4 Å². The lowest BCUT2D eigenvalue weighted by Crippen LogP contribution is -2.56. The van der Waals surface area contributed by atoms with Gasteiger partial charge < -0.3 is 20.1 Å². The average molecular weight is 531 g/mol. The lowest BCUT2D eigenvalue weighted by atomic mass is 10.0. The van der Waals surface area contributed by atoms with Gasteiger partial charge in [-0.15, -0.1) is 24.0 Å². The lowest BCUT2D eigenvalue weighted by molar-refractivity contribution is -0.00834. The number of halogens is 1. The summed E-state index contributed by atoms with van der Waals surface area (Å²) < 4.78 is 10.9. The highest BCUT2D eigenvalue weighted by atomic mass is 127. The van der Waals surface area contributed by atoms with Gasteiger partial charge in [0.2, 0.25) is 0 Å². The van der Waals surface area contributed by atoms with E-state index in [9.17, 15) is 0 Å². The molecule has 0 aliphatic carbocycles. The number of benzene rings is 1. The quantitative estimate of drug-likeness (QED) is 0.319. The van der Waals surface area contributed by atoms with E-state index in [-0.39, 0.29) is 29.5 Å². The number of nitrogens with one attached hydrogen (secondary N) is 2. The highest BCUT2D eigenvalue weighted by molar-refractivity contribution is 14.0. The van der Waals surface area contributed by atoms with Crippen molar-refractivity contribution >= 4 is 29.9 Å². The zero-order valence-electron chi connectivity index (χ0n) is 18.7. The van der Waals surface area contributed by atoms with Crippen LogP contribution < -0.4 is 10.6 Å². The second kappa shape index (κ2) is 12.8. The molecule has 8 heteroatoms. The molecule has 0 bridgehead atoms. The van der Waals surface area contributed by atoms with E-state index in [4.69, 9.17) is 9.47 Å². The van der Waals surface area contributed by atoms with Crippen molar-refractivity contribution in [3.63, 3.8) is 0 Å². The molecule has 2 aliphatic heterocycles. The fourth-order valence-corrected chi connectivity index (χ4v) is 3.84. The molecule has 0 radical (unpaired) electrons. The zero-order chi connectivity index (χ0) is 20.5. The predicted octanol–water partition coefficient (Wildman–Crippen LogP) is 1.91. The molecule has 2 saturated heterocycles. The zero-order valence-corrected chi connectivity index (χ0v) is 21.0. The minimum Gasteiger partial charge on any atom is -0.379 e. The number of guanidine groups is 1. The van der Waals surface area contributed by atoms with Gasteiger partial charge >= 0.3 is 0 Å². The molecule has 30 heavy (non-hydrogen) atoms. The van der Waals surface area contributed by atoms with Gasteiger partial charge in [-0.25, -0.2) is 0 Å². The summed E-state index contributed by atoms with van der Waals surface area (Å²) in [4.78, 5) is 9.32. The van der Waals surface area contributed by atoms with E-state index in [0.717, 1.165) is 78.2 Å². The second-order valence-corrected chi connectivity index (χ2v) is 8.40. The van der Waals surface area contributed by atoms with Crippen LogP contribution in [0.1, 0.15) is 25.0 Å². The summed E-state index contributed by atoms with van der Waals surface area (Å²) >= 11 is 0. The van der Waals surface area contributed by atoms with Gasteiger partial charge in [-0.1, -0.05) is 24.3 Å². The number of nitrogens with zero attached hydrogens (tertiary/aromatic N) is 3. The van der Waals surface area contributed by atoms with Crippen LogP contribution in [0, 0.1) is 0 Å². The van der Waals surface area contributed by atoms with Crippen molar-refractivity contribution in [2.75, 3.05) is 66.2 Å². The molecule has 3 rings (SSSR count). The summed E-state index contributed by atoms with van der Waals surface area (Å²) in [7, 11) is 1.83. The summed E-state index contributed by atoms with van der Waals surface area (Å²) in [5, 5.41) is 6.95. The number of rotatable bonds is 7. The van der Waals surface area contributed by atoms with Gasteiger partial charge in [0.15, 0.2) is 5.96 Å². The van der Waals surface area contributed by atoms with Crippen LogP contribution in [0.4, 0.5) is 0 Å². The van der Waals surface area contributed by atoms with Crippen molar-refractivity contribution in [1.82, 2.24) is 20.4 Å². The van der Waals surface area contributed by atoms with Gasteiger partial charge in [0.1, 0.15) is 0 Å². The van der Waals surface area contributed by atoms with Gasteiger partial charge in [-0.3, -0.25) is 14.8 Å². The number of morpholine rings is 2. The highest BCUT2D eigenvalue weighted by Crippen LogP contribution is 2.15. The van der Waals surface area contributed by atoms with E-state index < -0.39 is 0 Å². The van der Waals surface area contributed by atoms with Crippen molar-refractivity contribution in [3.05, 3.63) is 35.4 Å². The Morgan fingerprint density at radius 1 is 1.00 bits per heavy atom. The summed E-state index contributed by atoms with van der Waals surface area (Å²) in [6.07, 6.45) is 0. The standard InChI is InChI=1S/C22H37N5O2.HI/c1-22(2,27-9-13-29-14-10-27)18-25-21(23-3)24-16-19-5-4-6-20(15-19)17-26-7-11-28-12-8-26;/h4-6,15H,7-14,16-18H2,1-3H3,(H2,23,24,25);1H. The Balaban J connectivity index is 0.00000320. The molecule has 2 heterocycles. The summed E-state index contributed by atoms with van der Waals surface area (Å²) in [6, 6.07) is 8.80. The van der Waals surface area contributed by atoms with E-state index in [0.29, 0.717) is 0 Å². The minimum absolute atomic E-state index is 0. The van der Waals surface area contributed by atoms with E-state index >= 15 is 0 Å². The first-order valence-electron chi connectivity index (χ1n) is 10.7. The summed E-state index contributed by atoms with van der Waals surface area (Å²) in [6.45, 7) is 14.4. The molecule has 0 aromatic heterocycles. The van der Waals surface area contributed by atoms with Crippen LogP contribution in [-0.4, -0.2) is 87.5 Å². The second-order valence-electron chi connectivity index (χ2n) is 8.40. The highest BCUT2D eigenvalue weighted by Gasteiger charge is 2.28. The van der Waals surface area contributed by atoms with Gasteiger partial charge in [0, 0.05) is 58.4 Å². The Labute approximate surface area is 198 Å². The molecule has 0 amide bonds. The van der Waals surface area contributed by atoms with Crippen LogP contribution in [0.3, 0.4) is 0 Å². The number of hydrogen-bond donors (Lipinski definition) is 2. The molecule has 1 aromatic rings. The smallest absolute Gasteiger partial charge is 0.191 e. The summed E-state index contributed by atoms with van der Waals surface area (Å²) in [5.74, 6) is 0.838. The fourth-order valence-electron chi connectivity index (χ4n) is 3.84. The maximum absolute atomic E-state index is 5.48. The Morgan fingerprint density at radius 2 is 1.63 bits per heavy atom. The maximum Gasteiger partial charge on any atom is 0.191 e. The molecule has 2 aliphatic rings. The fraction of sp³-hybridized carbons (Fsp3) is 0.682. The summed E-state index contributed by atoms with van der Waals surface area (Å²) in [5.41, 5.74) is 2.67. The monoisotopic (exact) mass is 531 g/mol. The molecular weight excluding hydrogens is 493 g/mol. The molecule has 2 fully saturated rings. The lowest BCUT2D eigenvalue weighted by Gasteiger charge is -2.41. The SMILES string of the molecule is CN=C(NCc1cccc(CN2CCOCC2)c1)NCC(C)(C)N1CCOCC1.I. The third-order valence-corrected chi connectivity index (χ3v) is 5.74. The molecule has 0 spiro atoms. The molecule has 0 unspecified atom stereocenters. The molecule has 2 N–H and O–H groups in total. The van der Waals surface area contributed by atoms with Gasteiger partial charge in [0.25, 0.3) is 0 Å². The van der Waals surface area contributed by atoms with E-state index in [2.05, 4.69) is 63.5 Å². The molecule has 7 nitrogen and oxygen atoms in total. The topological polar surface area (TPSA) is 61.4 Å². The largest absolute Gasteiger partial charge is 0.379 e. The Bertz CT molecular complexity index is 659. The van der Waals surface area contributed by atoms with E-state index in [1.807, 2.05) is 7.05 Å². The molecule has 0 saturated carbocycles. The predicted molar refractivity (Wildman–Crippen MR) is 133 cm³/mol. The Kier molecular flexibility index (Phi) is 10.8. The van der Waals surface area contributed by atoms with Crippen molar-refractivity contribution in [2.45, 2.75) is 32.5 Å². The van der Waals surface area contributed by atoms with Crippen LogP contribution in [0.5, 0.6) is 0 Å². The number of ether oxygens (including phenoxy) is 2. The normalized spacial score (nSPS) is 19.2. The van der Waals surface area contributed by atoms with E-state index in [1.165, 1.54) is 11.1 Å². The molecular formula is C22H38IN5O2. The van der Waals surface area contributed by atoms with Crippen LogP contribution >= 0.6 is 24.0 Å².